The molecule has 0 radical (unpaired) electrons. The van der Waals surface area contributed by atoms with Gasteiger partial charge in [-0.05, 0) is 24.7 Å². The number of nitrogens with one attached hydrogen (secondary N) is 1. The molecule has 1 aliphatic heterocycles. The zero-order chi connectivity index (χ0) is 15.7. The molecule has 3 heteroatoms. The molecule has 0 aromatic heterocycles. The van der Waals surface area contributed by atoms with Gasteiger partial charge in [0.15, 0.2) is 0 Å². The molecule has 1 heterocycles. The van der Waals surface area contributed by atoms with E-state index >= 15 is 0 Å². The maximum atomic E-state index is 5.79. The van der Waals surface area contributed by atoms with E-state index in [1.165, 1.54) is 32.2 Å². The van der Waals surface area contributed by atoms with Gasteiger partial charge in [0.2, 0.25) is 0 Å². The topological polar surface area (TPSA) is 24.5 Å². The van der Waals surface area contributed by atoms with Crippen LogP contribution in [0.1, 0.15) is 60.3 Å². The van der Waals surface area contributed by atoms with Crippen LogP contribution in [0.25, 0.3) is 0 Å². The number of hydrogen-bond donors (Lipinski definition) is 1. The summed E-state index contributed by atoms with van der Waals surface area (Å²) < 4.78 is 5.79. The Morgan fingerprint density at radius 1 is 1.19 bits per heavy atom. The Morgan fingerprint density at radius 2 is 1.95 bits per heavy atom. The third-order valence-corrected chi connectivity index (χ3v) is 4.80. The van der Waals surface area contributed by atoms with E-state index in [-0.39, 0.29) is 0 Å². The van der Waals surface area contributed by atoms with E-state index in [4.69, 9.17) is 4.74 Å². The summed E-state index contributed by atoms with van der Waals surface area (Å²) in [6, 6.07) is 1.33. The lowest BCUT2D eigenvalue weighted by Crippen LogP contribution is -2.59. The van der Waals surface area contributed by atoms with Crippen molar-refractivity contribution in [1.29, 1.82) is 0 Å². The maximum Gasteiger partial charge on any atom is 0.0593 e. The highest BCUT2D eigenvalue weighted by Gasteiger charge is 2.30. The third kappa shape index (κ3) is 7.12. The van der Waals surface area contributed by atoms with E-state index in [1.54, 1.807) is 0 Å². The molecule has 0 saturated carbocycles. The third-order valence-electron chi connectivity index (χ3n) is 4.80. The number of hydrogen-bond acceptors (Lipinski definition) is 3. The highest BCUT2D eigenvalue weighted by molar-refractivity contribution is 4.88. The molecule has 1 fully saturated rings. The molecule has 126 valence electrons. The zero-order valence-electron chi connectivity index (χ0n) is 15.0. The van der Waals surface area contributed by atoms with Gasteiger partial charge < -0.3 is 10.1 Å². The lowest BCUT2D eigenvalue weighted by molar-refractivity contribution is 0.0497. The first-order chi connectivity index (χ1) is 10.1. The highest BCUT2D eigenvalue weighted by atomic mass is 16.5. The predicted octanol–water partition coefficient (Wildman–Crippen LogP) is 3.54. The SMILES string of the molecule is CCCCOCCN1CC(C(C)CC)NCC1CC(C)C. The van der Waals surface area contributed by atoms with Gasteiger partial charge in [0, 0.05) is 38.3 Å². The molecule has 1 N–H and O–H groups in total. The van der Waals surface area contributed by atoms with Crippen LogP contribution in [0.5, 0.6) is 0 Å². The molecule has 0 amide bonds. The minimum atomic E-state index is 0.647. The molecule has 0 aliphatic carbocycles. The summed E-state index contributed by atoms with van der Waals surface area (Å²) in [6.07, 6.45) is 4.95. The molecule has 1 aliphatic rings. The van der Waals surface area contributed by atoms with Crippen LogP contribution in [0.4, 0.5) is 0 Å². The molecule has 0 bridgehead atoms. The maximum absolute atomic E-state index is 5.79. The van der Waals surface area contributed by atoms with Crippen LogP contribution in [-0.4, -0.2) is 49.8 Å². The van der Waals surface area contributed by atoms with Gasteiger partial charge >= 0.3 is 0 Å². The van der Waals surface area contributed by atoms with E-state index in [1.807, 2.05) is 0 Å². The fourth-order valence-corrected chi connectivity index (χ4v) is 3.13. The average Bonchev–Trinajstić information content (AvgIpc) is 2.47. The smallest absolute Gasteiger partial charge is 0.0593 e. The molecule has 3 unspecified atom stereocenters. The fourth-order valence-electron chi connectivity index (χ4n) is 3.13. The molecule has 1 saturated heterocycles. The standard InChI is InChI=1S/C18H38N2O/c1-6-8-10-21-11-9-20-14-18(16(5)7-2)19-13-17(20)12-15(3)4/h15-19H,6-14H2,1-5H3. The molecule has 0 aromatic rings. The van der Waals surface area contributed by atoms with Gasteiger partial charge in [-0.15, -0.1) is 0 Å². The van der Waals surface area contributed by atoms with E-state index in [9.17, 15) is 0 Å². The van der Waals surface area contributed by atoms with Crippen molar-refractivity contribution >= 4 is 0 Å². The molecule has 0 aromatic carbocycles. The Labute approximate surface area is 132 Å². The van der Waals surface area contributed by atoms with Crippen LogP contribution in [0.15, 0.2) is 0 Å². The first-order valence-electron chi connectivity index (χ1n) is 9.13. The molecule has 3 atom stereocenters. The quantitative estimate of drug-likeness (QED) is 0.624. The van der Waals surface area contributed by atoms with Crippen LogP contribution < -0.4 is 5.32 Å². The molecule has 21 heavy (non-hydrogen) atoms. The van der Waals surface area contributed by atoms with Crippen LogP contribution in [0.3, 0.4) is 0 Å². The zero-order valence-corrected chi connectivity index (χ0v) is 15.0. The highest BCUT2D eigenvalue weighted by Crippen LogP contribution is 2.19. The first-order valence-corrected chi connectivity index (χ1v) is 9.13. The van der Waals surface area contributed by atoms with Crippen LogP contribution in [-0.2, 0) is 4.74 Å². The van der Waals surface area contributed by atoms with Gasteiger partial charge in [0.05, 0.1) is 6.61 Å². The van der Waals surface area contributed by atoms with Crippen molar-refractivity contribution < 1.29 is 4.74 Å². The van der Waals surface area contributed by atoms with Gasteiger partial charge in [-0.3, -0.25) is 4.90 Å². The summed E-state index contributed by atoms with van der Waals surface area (Å²) in [6.45, 7) is 16.8. The summed E-state index contributed by atoms with van der Waals surface area (Å²) in [7, 11) is 0. The Bertz CT molecular complexity index is 258. The van der Waals surface area contributed by atoms with Gasteiger partial charge in [0.25, 0.3) is 0 Å². The van der Waals surface area contributed by atoms with Gasteiger partial charge in [-0.1, -0.05) is 47.5 Å². The number of rotatable bonds is 10. The summed E-state index contributed by atoms with van der Waals surface area (Å²) in [5.41, 5.74) is 0. The normalized spacial score (nSPS) is 25.4. The summed E-state index contributed by atoms with van der Waals surface area (Å²) >= 11 is 0. The van der Waals surface area contributed by atoms with Crippen LogP contribution in [0, 0.1) is 11.8 Å². The Kier molecular flexibility index (Phi) is 9.54. The Hall–Kier alpha value is -0.120. The van der Waals surface area contributed by atoms with E-state index < -0.39 is 0 Å². The summed E-state index contributed by atoms with van der Waals surface area (Å²) in [5.74, 6) is 1.52. The number of unbranched alkanes of at least 4 members (excludes halogenated alkanes) is 1. The second-order valence-corrected chi connectivity index (χ2v) is 7.14. The van der Waals surface area contributed by atoms with E-state index in [0.29, 0.717) is 12.1 Å². The number of ether oxygens (including phenoxy) is 1. The lowest BCUT2D eigenvalue weighted by atomic mass is 9.93. The number of nitrogens with zero attached hydrogens (tertiary/aromatic N) is 1. The van der Waals surface area contributed by atoms with Crippen molar-refractivity contribution in [3.63, 3.8) is 0 Å². The monoisotopic (exact) mass is 298 g/mol. The molecule has 0 spiro atoms. The molecular weight excluding hydrogens is 260 g/mol. The summed E-state index contributed by atoms with van der Waals surface area (Å²) in [5, 5.41) is 3.78. The van der Waals surface area contributed by atoms with E-state index in [2.05, 4.69) is 44.8 Å². The van der Waals surface area contributed by atoms with Crippen molar-refractivity contribution in [2.75, 3.05) is 32.8 Å². The Balaban J connectivity index is 2.44. The number of piperazine rings is 1. The molecule has 1 rings (SSSR count). The van der Waals surface area contributed by atoms with Crippen molar-refractivity contribution in [3.05, 3.63) is 0 Å². The minimum Gasteiger partial charge on any atom is -0.380 e. The largest absolute Gasteiger partial charge is 0.380 e. The van der Waals surface area contributed by atoms with Crippen molar-refractivity contribution in [3.8, 4) is 0 Å². The second kappa shape index (κ2) is 10.6. The minimum absolute atomic E-state index is 0.647. The van der Waals surface area contributed by atoms with E-state index in [0.717, 1.165) is 38.1 Å². The lowest BCUT2D eigenvalue weighted by Gasteiger charge is -2.43. The van der Waals surface area contributed by atoms with Gasteiger partial charge in [-0.2, -0.15) is 0 Å². The van der Waals surface area contributed by atoms with Crippen LogP contribution >= 0.6 is 0 Å². The Morgan fingerprint density at radius 3 is 2.57 bits per heavy atom. The van der Waals surface area contributed by atoms with Gasteiger partial charge in [0.1, 0.15) is 0 Å². The van der Waals surface area contributed by atoms with Gasteiger partial charge in [-0.25, -0.2) is 0 Å². The van der Waals surface area contributed by atoms with Crippen molar-refractivity contribution in [2.24, 2.45) is 11.8 Å². The fraction of sp³-hybridized carbons (Fsp3) is 1.00. The first kappa shape index (κ1) is 18.9. The summed E-state index contributed by atoms with van der Waals surface area (Å²) in [4.78, 5) is 2.68. The van der Waals surface area contributed by atoms with Crippen molar-refractivity contribution in [1.82, 2.24) is 10.2 Å². The molecule has 3 nitrogen and oxygen atoms in total. The van der Waals surface area contributed by atoms with Crippen molar-refractivity contribution in [2.45, 2.75) is 72.4 Å². The molecular formula is C18H38N2O. The van der Waals surface area contributed by atoms with Crippen LogP contribution in [0.2, 0.25) is 0 Å². The predicted molar refractivity (Wildman–Crippen MR) is 91.8 cm³/mol. The second-order valence-electron chi connectivity index (χ2n) is 7.14. The average molecular weight is 299 g/mol.